The van der Waals surface area contributed by atoms with Gasteiger partial charge in [-0.25, -0.2) is 4.39 Å². The molecule has 0 fully saturated rings. The van der Waals surface area contributed by atoms with Crippen molar-refractivity contribution in [1.82, 2.24) is 24.8 Å². The standard InChI is InChI=1S/C30H34FN5/c1-24(25-14-16-28(31)17-15-25)35(20-21-36-23-29(32-33-36)22-34(2)3)19-18-30(26-10-6-4-7-11-26)27-12-8-5-9-13-27/h4-18,23-24H,19-22H2,1-3H3/t24-/m1/s1. The van der Waals surface area contributed by atoms with E-state index in [4.69, 9.17) is 0 Å². The molecule has 3 aromatic carbocycles. The number of aromatic nitrogens is 3. The first-order chi connectivity index (χ1) is 17.5. The third-order valence-electron chi connectivity index (χ3n) is 6.28. The fourth-order valence-electron chi connectivity index (χ4n) is 4.32. The first-order valence-corrected chi connectivity index (χ1v) is 12.3. The predicted octanol–water partition coefficient (Wildman–Crippen LogP) is 5.67. The lowest BCUT2D eigenvalue weighted by atomic mass is 9.97. The van der Waals surface area contributed by atoms with Crippen LogP contribution in [0.25, 0.3) is 5.57 Å². The summed E-state index contributed by atoms with van der Waals surface area (Å²) in [6.07, 6.45) is 4.31. The summed E-state index contributed by atoms with van der Waals surface area (Å²) in [6, 6.07) is 27.9. The Hall–Kier alpha value is -3.61. The highest BCUT2D eigenvalue weighted by Gasteiger charge is 2.17. The molecule has 5 nitrogen and oxygen atoms in total. The minimum Gasteiger partial charge on any atom is -0.303 e. The van der Waals surface area contributed by atoms with Gasteiger partial charge in [0, 0.05) is 31.9 Å². The van der Waals surface area contributed by atoms with Crippen molar-refractivity contribution < 1.29 is 4.39 Å². The van der Waals surface area contributed by atoms with Gasteiger partial charge in [-0.1, -0.05) is 84.1 Å². The van der Waals surface area contributed by atoms with Gasteiger partial charge in [0.05, 0.1) is 12.2 Å². The zero-order valence-corrected chi connectivity index (χ0v) is 21.3. The van der Waals surface area contributed by atoms with Gasteiger partial charge in [-0.05, 0) is 55.4 Å². The van der Waals surface area contributed by atoms with Gasteiger partial charge < -0.3 is 4.90 Å². The zero-order valence-electron chi connectivity index (χ0n) is 21.3. The lowest BCUT2D eigenvalue weighted by Crippen LogP contribution is -2.31. The molecule has 36 heavy (non-hydrogen) atoms. The maximum Gasteiger partial charge on any atom is 0.123 e. The normalized spacial score (nSPS) is 12.2. The Bertz CT molecular complexity index is 1190. The smallest absolute Gasteiger partial charge is 0.123 e. The van der Waals surface area contributed by atoms with Gasteiger partial charge in [-0.2, -0.15) is 0 Å². The van der Waals surface area contributed by atoms with E-state index in [0.29, 0.717) is 6.54 Å². The van der Waals surface area contributed by atoms with Crippen molar-refractivity contribution >= 4 is 5.57 Å². The SMILES string of the molecule is C[C@H](c1ccc(F)cc1)N(CC=C(c1ccccc1)c1ccccc1)CCn1cc(CN(C)C)nn1. The molecule has 0 saturated carbocycles. The van der Waals surface area contributed by atoms with Crippen LogP contribution in [-0.4, -0.2) is 52.0 Å². The fourth-order valence-corrected chi connectivity index (χ4v) is 4.32. The molecule has 0 radical (unpaired) electrons. The van der Waals surface area contributed by atoms with Crippen molar-refractivity contribution in [2.45, 2.75) is 26.1 Å². The fraction of sp³-hybridized carbons (Fsp3) is 0.267. The van der Waals surface area contributed by atoms with Crippen LogP contribution in [0.4, 0.5) is 4.39 Å². The Morgan fingerprint density at radius 1 is 0.917 bits per heavy atom. The van der Waals surface area contributed by atoms with Crippen LogP contribution in [0.1, 0.15) is 35.3 Å². The minimum absolute atomic E-state index is 0.0967. The average molecular weight is 484 g/mol. The maximum absolute atomic E-state index is 13.6. The Morgan fingerprint density at radius 3 is 2.11 bits per heavy atom. The Kier molecular flexibility index (Phi) is 8.76. The van der Waals surface area contributed by atoms with Gasteiger partial charge in [0.1, 0.15) is 5.82 Å². The van der Waals surface area contributed by atoms with Crippen molar-refractivity contribution in [2.75, 3.05) is 27.2 Å². The molecule has 0 aliphatic heterocycles. The van der Waals surface area contributed by atoms with Crippen molar-refractivity contribution in [1.29, 1.82) is 0 Å². The van der Waals surface area contributed by atoms with Crippen molar-refractivity contribution in [3.05, 3.63) is 125 Å². The average Bonchev–Trinajstić information content (AvgIpc) is 3.34. The summed E-state index contributed by atoms with van der Waals surface area (Å²) in [5, 5.41) is 8.62. The summed E-state index contributed by atoms with van der Waals surface area (Å²) in [6.45, 7) is 5.15. The second kappa shape index (κ2) is 12.4. The molecule has 4 rings (SSSR count). The summed E-state index contributed by atoms with van der Waals surface area (Å²) >= 11 is 0. The molecule has 4 aromatic rings. The number of hydrogen-bond acceptors (Lipinski definition) is 4. The predicted molar refractivity (Wildman–Crippen MR) is 144 cm³/mol. The molecule has 0 bridgehead atoms. The summed E-state index contributed by atoms with van der Waals surface area (Å²) in [4.78, 5) is 4.48. The van der Waals surface area contributed by atoms with Crippen LogP contribution in [0.5, 0.6) is 0 Å². The lowest BCUT2D eigenvalue weighted by molar-refractivity contribution is 0.221. The second-order valence-corrected chi connectivity index (χ2v) is 9.28. The monoisotopic (exact) mass is 483 g/mol. The van der Waals surface area contributed by atoms with E-state index >= 15 is 0 Å². The molecular weight excluding hydrogens is 449 g/mol. The van der Waals surface area contributed by atoms with E-state index in [1.165, 1.54) is 28.8 Å². The molecule has 0 saturated heterocycles. The molecule has 0 N–H and O–H groups in total. The van der Waals surface area contributed by atoms with Crippen molar-refractivity contribution in [3.63, 3.8) is 0 Å². The van der Waals surface area contributed by atoms with Crippen LogP contribution in [0.3, 0.4) is 0 Å². The van der Waals surface area contributed by atoms with Crippen LogP contribution in [0.15, 0.2) is 97.2 Å². The Morgan fingerprint density at radius 2 is 1.53 bits per heavy atom. The van der Waals surface area contributed by atoms with Gasteiger partial charge >= 0.3 is 0 Å². The third-order valence-corrected chi connectivity index (χ3v) is 6.28. The summed E-state index contributed by atoms with van der Waals surface area (Å²) < 4.78 is 15.5. The largest absolute Gasteiger partial charge is 0.303 e. The number of benzene rings is 3. The van der Waals surface area contributed by atoms with Gasteiger partial charge in [0.25, 0.3) is 0 Å². The van der Waals surface area contributed by atoms with Crippen LogP contribution in [-0.2, 0) is 13.1 Å². The van der Waals surface area contributed by atoms with Gasteiger partial charge in [-0.3, -0.25) is 9.58 Å². The third kappa shape index (κ3) is 6.97. The number of nitrogens with zero attached hydrogens (tertiary/aromatic N) is 5. The highest BCUT2D eigenvalue weighted by molar-refractivity contribution is 5.79. The van der Waals surface area contributed by atoms with E-state index in [-0.39, 0.29) is 11.9 Å². The molecule has 0 amide bonds. The lowest BCUT2D eigenvalue weighted by Gasteiger charge is -2.29. The van der Waals surface area contributed by atoms with Crippen LogP contribution < -0.4 is 0 Å². The molecule has 0 spiro atoms. The molecule has 1 heterocycles. The summed E-state index contributed by atoms with van der Waals surface area (Å²) in [7, 11) is 4.04. The minimum atomic E-state index is -0.219. The quantitative estimate of drug-likeness (QED) is 0.275. The first kappa shape index (κ1) is 25.5. The molecule has 6 heteroatoms. The van der Waals surface area contributed by atoms with Crippen LogP contribution in [0.2, 0.25) is 0 Å². The van der Waals surface area contributed by atoms with Gasteiger partial charge in [0.2, 0.25) is 0 Å². The van der Waals surface area contributed by atoms with E-state index in [1.54, 1.807) is 0 Å². The number of rotatable bonds is 11. The molecule has 186 valence electrons. The van der Waals surface area contributed by atoms with E-state index in [1.807, 2.05) is 49.2 Å². The number of hydrogen-bond donors (Lipinski definition) is 0. The van der Waals surface area contributed by atoms with Gasteiger partial charge in [-0.15, -0.1) is 5.10 Å². The topological polar surface area (TPSA) is 37.2 Å². The Balaban J connectivity index is 1.59. The van der Waals surface area contributed by atoms with Crippen molar-refractivity contribution in [3.8, 4) is 0 Å². The first-order valence-electron chi connectivity index (χ1n) is 12.3. The number of halogens is 1. The second-order valence-electron chi connectivity index (χ2n) is 9.28. The van der Waals surface area contributed by atoms with E-state index in [2.05, 4.69) is 81.6 Å². The Labute approximate surface area is 213 Å². The van der Waals surface area contributed by atoms with E-state index < -0.39 is 0 Å². The molecular formula is C30H34FN5. The highest BCUT2D eigenvalue weighted by Crippen LogP contribution is 2.25. The van der Waals surface area contributed by atoms with E-state index in [0.717, 1.165) is 30.9 Å². The van der Waals surface area contributed by atoms with Crippen LogP contribution >= 0.6 is 0 Å². The molecule has 0 unspecified atom stereocenters. The summed E-state index contributed by atoms with van der Waals surface area (Å²) in [5.74, 6) is -0.219. The van der Waals surface area contributed by atoms with Crippen molar-refractivity contribution in [2.24, 2.45) is 0 Å². The molecule has 1 atom stereocenters. The maximum atomic E-state index is 13.6. The highest BCUT2D eigenvalue weighted by atomic mass is 19.1. The molecule has 0 aliphatic rings. The summed E-state index contributed by atoms with van der Waals surface area (Å²) in [5.41, 5.74) is 5.60. The van der Waals surface area contributed by atoms with Crippen LogP contribution in [0, 0.1) is 5.82 Å². The molecule has 0 aliphatic carbocycles. The zero-order chi connectivity index (χ0) is 25.3. The molecule has 1 aromatic heterocycles. The van der Waals surface area contributed by atoms with Gasteiger partial charge in [0.15, 0.2) is 0 Å². The van der Waals surface area contributed by atoms with E-state index in [9.17, 15) is 4.39 Å².